The Bertz CT molecular complexity index is 748. The minimum absolute atomic E-state index is 0.477. The van der Waals surface area contributed by atoms with Gasteiger partial charge in [-0.25, -0.2) is 0 Å². The highest BCUT2D eigenvalue weighted by atomic mass is 16.5. The van der Waals surface area contributed by atoms with Gasteiger partial charge >= 0.3 is 5.97 Å². The highest BCUT2D eigenvalue weighted by Gasteiger charge is 2.26. The number of carbonyl (C=O) groups is 1. The average molecular weight is 354 g/mol. The van der Waals surface area contributed by atoms with E-state index < -0.39 is 11.4 Å². The van der Waals surface area contributed by atoms with Crippen molar-refractivity contribution in [2.45, 2.75) is 26.7 Å². The maximum absolute atomic E-state index is 11.1. The molecule has 0 fully saturated rings. The van der Waals surface area contributed by atoms with E-state index >= 15 is 0 Å². The molecule has 0 atom stereocenters. The van der Waals surface area contributed by atoms with E-state index in [9.17, 15) is 4.79 Å². The summed E-state index contributed by atoms with van der Waals surface area (Å²) in [5, 5.41) is 9.14. The maximum Gasteiger partial charge on any atom is 0.309 e. The van der Waals surface area contributed by atoms with E-state index in [1.54, 1.807) is 21.0 Å². The first kappa shape index (κ1) is 19.6. The van der Waals surface area contributed by atoms with Crippen LogP contribution in [0.4, 0.5) is 0 Å². The van der Waals surface area contributed by atoms with E-state index in [0.29, 0.717) is 19.4 Å². The fourth-order valence-corrected chi connectivity index (χ4v) is 2.49. The van der Waals surface area contributed by atoms with Gasteiger partial charge in [0.05, 0.1) is 19.1 Å². The third-order valence-electron chi connectivity index (χ3n) is 4.25. The molecule has 0 aliphatic rings. The highest BCUT2D eigenvalue weighted by molar-refractivity contribution is 5.74. The van der Waals surface area contributed by atoms with Gasteiger partial charge in [-0.15, -0.1) is 0 Å². The summed E-state index contributed by atoms with van der Waals surface area (Å²) in [6.07, 6.45) is 5.27. The van der Waals surface area contributed by atoms with Crippen LogP contribution in [0.3, 0.4) is 0 Å². The van der Waals surface area contributed by atoms with E-state index in [1.807, 2.05) is 60.7 Å². The van der Waals surface area contributed by atoms with E-state index in [2.05, 4.69) is 0 Å². The number of benzene rings is 2. The van der Waals surface area contributed by atoms with Gasteiger partial charge in [0.15, 0.2) is 0 Å². The zero-order valence-corrected chi connectivity index (χ0v) is 15.6. The van der Waals surface area contributed by atoms with Crippen LogP contribution in [-0.2, 0) is 4.79 Å². The van der Waals surface area contributed by atoms with Crippen LogP contribution in [0.15, 0.2) is 48.5 Å². The normalized spacial score (nSPS) is 11.5. The molecule has 0 saturated heterocycles. The van der Waals surface area contributed by atoms with Crippen molar-refractivity contribution in [3.05, 3.63) is 59.7 Å². The first-order valence-electron chi connectivity index (χ1n) is 8.70. The number of hydrogen-bond acceptors (Lipinski definition) is 3. The molecule has 4 nitrogen and oxygen atoms in total. The zero-order chi connectivity index (χ0) is 19.0. The first-order valence-corrected chi connectivity index (χ1v) is 8.70. The standard InChI is InChI=1S/C22H26O4/c1-22(2,21(23)24)14-7-15-26-19-12-13-20(25-3)18(16-19)11-10-17-8-5-4-6-9-17/h4-6,8-13,16H,7,14-15H2,1-3H3,(H,23,24)/b11-10+. The lowest BCUT2D eigenvalue weighted by molar-refractivity contribution is -0.147. The van der Waals surface area contributed by atoms with Crippen molar-refractivity contribution in [3.8, 4) is 11.5 Å². The smallest absolute Gasteiger partial charge is 0.309 e. The molecule has 1 N–H and O–H groups in total. The second kappa shape index (κ2) is 9.09. The molecule has 0 amide bonds. The van der Waals surface area contributed by atoms with Crippen LogP contribution in [-0.4, -0.2) is 24.8 Å². The summed E-state index contributed by atoms with van der Waals surface area (Å²) < 4.78 is 11.2. The molecule has 138 valence electrons. The van der Waals surface area contributed by atoms with Gasteiger partial charge in [0.2, 0.25) is 0 Å². The molecule has 0 radical (unpaired) electrons. The number of hydrogen-bond donors (Lipinski definition) is 1. The van der Waals surface area contributed by atoms with E-state index in [0.717, 1.165) is 22.6 Å². The van der Waals surface area contributed by atoms with Crippen molar-refractivity contribution in [2.24, 2.45) is 5.41 Å². The quantitative estimate of drug-likeness (QED) is 0.501. The molecular formula is C22H26O4. The Morgan fingerprint density at radius 1 is 1.12 bits per heavy atom. The molecule has 0 aromatic heterocycles. The Kier molecular flexibility index (Phi) is 6.84. The van der Waals surface area contributed by atoms with Gasteiger partial charge in [-0.05, 0) is 50.5 Å². The van der Waals surface area contributed by atoms with Crippen LogP contribution >= 0.6 is 0 Å². The molecule has 0 heterocycles. The largest absolute Gasteiger partial charge is 0.496 e. The molecular weight excluding hydrogens is 328 g/mol. The SMILES string of the molecule is COc1ccc(OCCCC(C)(C)C(=O)O)cc1/C=C/c1ccccc1. The van der Waals surface area contributed by atoms with Crippen LogP contribution in [0.5, 0.6) is 11.5 Å². The van der Waals surface area contributed by atoms with Gasteiger partial charge in [0.25, 0.3) is 0 Å². The van der Waals surface area contributed by atoms with Crippen molar-refractivity contribution >= 4 is 18.1 Å². The van der Waals surface area contributed by atoms with Gasteiger partial charge in [0, 0.05) is 5.56 Å². The molecule has 26 heavy (non-hydrogen) atoms. The average Bonchev–Trinajstić information content (AvgIpc) is 2.64. The molecule has 2 aromatic rings. The Balaban J connectivity index is 2.00. The summed E-state index contributed by atoms with van der Waals surface area (Å²) in [6, 6.07) is 15.7. The van der Waals surface area contributed by atoms with Crippen molar-refractivity contribution in [1.29, 1.82) is 0 Å². The Morgan fingerprint density at radius 3 is 2.50 bits per heavy atom. The third kappa shape index (κ3) is 5.66. The van der Waals surface area contributed by atoms with Crippen molar-refractivity contribution in [3.63, 3.8) is 0 Å². The summed E-state index contributed by atoms with van der Waals surface area (Å²) in [5.41, 5.74) is 1.31. The fraction of sp³-hybridized carbons (Fsp3) is 0.318. The molecule has 4 heteroatoms. The van der Waals surface area contributed by atoms with E-state index in [4.69, 9.17) is 14.6 Å². The lowest BCUT2D eigenvalue weighted by Gasteiger charge is -2.18. The number of rotatable bonds is 9. The van der Waals surface area contributed by atoms with Crippen molar-refractivity contribution in [2.75, 3.05) is 13.7 Å². The Hall–Kier alpha value is -2.75. The Labute approximate surface area is 155 Å². The monoisotopic (exact) mass is 354 g/mol. The first-order chi connectivity index (χ1) is 12.4. The summed E-state index contributed by atoms with van der Waals surface area (Å²) in [7, 11) is 1.64. The summed E-state index contributed by atoms with van der Waals surface area (Å²) in [6.45, 7) is 3.94. The summed E-state index contributed by atoms with van der Waals surface area (Å²) in [4.78, 5) is 11.1. The second-order valence-electron chi connectivity index (χ2n) is 6.79. The molecule has 0 aliphatic carbocycles. The second-order valence-corrected chi connectivity index (χ2v) is 6.79. The number of carboxylic acids is 1. The van der Waals surface area contributed by atoms with Crippen LogP contribution in [0.25, 0.3) is 12.2 Å². The van der Waals surface area contributed by atoms with Gasteiger partial charge in [-0.1, -0.05) is 42.5 Å². The molecule has 0 bridgehead atoms. The molecule has 2 rings (SSSR count). The predicted molar refractivity (Wildman–Crippen MR) is 105 cm³/mol. The lowest BCUT2D eigenvalue weighted by atomic mass is 9.88. The van der Waals surface area contributed by atoms with Gasteiger partial charge in [0.1, 0.15) is 11.5 Å². The van der Waals surface area contributed by atoms with Gasteiger partial charge < -0.3 is 14.6 Å². The highest BCUT2D eigenvalue weighted by Crippen LogP contribution is 2.27. The van der Waals surface area contributed by atoms with Crippen LogP contribution in [0, 0.1) is 5.41 Å². The number of carboxylic acid groups (broad SMARTS) is 1. The van der Waals surface area contributed by atoms with Crippen LogP contribution < -0.4 is 9.47 Å². The van der Waals surface area contributed by atoms with Crippen LogP contribution in [0.2, 0.25) is 0 Å². The minimum atomic E-state index is -0.782. The number of ether oxygens (including phenoxy) is 2. The molecule has 0 spiro atoms. The van der Waals surface area contributed by atoms with E-state index in [-0.39, 0.29) is 0 Å². The van der Waals surface area contributed by atoms with Crippen LogP contribution in [0.1, 0.15) is 37.8 Å². The summed E-state index contributed by atoms with van der Waals surface area (Å²) >= 11 is 0. The minimum Gasteiger partial charge on any atom is -0.496 e. The molecule has 0 aliphatic heterocycles. The third-order valence-corrected chi connectivity index (χ3v) is 4.25. The zero-order valence-electron chi connectivity index (χ0n) is 15.6. The predicted octanol–water partition coefficient (Wildman–Crippen LogP) is 5.14. The van der Waals surface area contributed by atoms with Crippen molar-refractivity contribution < 1.29 is 19.4 Å². The lowest BCUT2D eigenvalue weighted by Crippen LogP contribution is -2.24. The Morgan fingerprint density at radius 2 is 1.85 bits per heavy atom. The topological polar surface area (TPSA) is 55.8 Å². The fourth-order valence-electron chi connectivity index (χ4n) is 2.49. The van der Waals surface area contributed by atoms with Crippen molar-refractivity contribution in [1.82, 2.24) is 0 Å². The molecule has 0 unspecified atom stereocenters. The molecule has 0 saturated carbocycles. The van der Waals surface area contributed by atoms with E-state index in [1.165, 1.54) is 0 Å². The molecule has 2 aromatic carbocycles. The summed E-state index contributed by atoms with van der Waals surface area (Å²) in [5.74, 6) is 0.735. The van der Waals surface area contributed by atoms with Gasteiger partial charge in [-0.3, -0.25) is 4.79 Å². The maximum atomic E-state index is 11.1. The number of methoxy groups -OCH3 is 1. The number of aliphatic carboxylic acids is 1. The van der Waals surface area contributed by atoms with Gasteiger partial charge in [-0.2, -0.15) is 0 Å².